The number of alkyl halides is 3. The minimum atomic E-state index is -5.06. The Hall–Kier alpha value is -1.40. The summed E-state index contributed by atoms with van der Waals surface area (Å²) in [5, 5.41) is 5.63. The number of halogens is 5. The molecule has 0 unspecified atom stereocenters. The fourth-order valence-corrected chi connectivity index (χ4v) is 6.97. The molecule has 3 atom stereocenters. The van der Waals surface area contributed by atoms with E-state index in [4.69, 9.17) is 22.1 Å². The summed E-state index contributed by atoms with van der Waals surface area (Å²) in [7, 11) is 0. The van der Waals surface area contributed by atoms with Crippen LogP contribution in [-0.4, -0.2) is 29.3 Å². The molecule has 1 fully saturated rings. The summed E-state index contributed by atoms with van der Waals surface area (Å²) in [5.41, 5.74) is 7.67. The lowest BCUT2D eigenvalue weighted by molar-refractivity contribution is -0.207. The number of pyridine rings is 1. The number of anilines is 1. The Morgan fingerprint density at radius 3 is 2.88 bits per heavy atom. The number of carbonyl (C=O) groups is 1. The third kappa shape index (κ3) is 4.91. The number of fused-ring (bicyclic) bond motifs is 1. The van der Waals surface area contributed by atoms with Crippen molar-refractivity contribution in [1.29, 1.82) is 0 Å². The molecule has 3 aromatic rings. The molecule has 1 aliphatic carbocycles. The van der Waals surface area contributed by atoms with Crippen molar-refractivity contribution in [3.8, 4) is 0 Å². The topological polar surface area (TPSA) is 77.2 Å². The molecule has 0 saturated heterocycles. The van der Waals surface area contributed by atoms with Gasteiger partial charge < -0.3 is 15.8 Å². The van der Waals surface area contributed by atoms with Crippen molar-refractivity contribution in [1.82, 2.24) is 4.98 Å². The Balaban J connectivity index is 1.71. The number of aromatic nitrogens is 1. The monoisotopic (exact) mass is 567 g/mol. The minimum absolute atomic E-state index is 0.282. The highest BCUT2D eigenvalue weighted by atomic mass is 79.9. The number of thiophene rings is 2. The molecule has 172 valence electrons. The summed E-state index contributed by atoms with van der Waals surface area (Å²) < 4.78 is 44.8. The van der Waals surface area contributed by atoms with Crippen molar-refractivity contribution in [3.63, 3.8) is 0 Å². The van der Waals surface area contributed by atoms with E-state index in [0.29, 0.717) is 40.7 Å². The zero-order valence-corrected chi connectivity index (χ0v) is 20.4. The van der Waals surface area contributed by atoms with Gasteiger partial charge in [0.15, 0.2) is 0 Å². The lowest BCUT2D eigenvalue weighted by Gasteiger charge is -2.35. The smallest absolute Gasteiger partial charge is 0.455 e. The Kier molecular flexibility index (Phi) is 7.02. The molecule has 5 nitrogen and oxygen atoms in total. The van der Waals surface area contributed by atoms with Gasteiger partial charge in [-0.15, -0.1) is 22.7 Å². The molecule has 0 amide bonds. The average molecular weight is 569 g/mol. The number of nitrogens with one attached hydrogen (secondary N) is 1. The van der Waals surface area contributed by atoms with Gasteiger partial charge in [0.25, 0.3) is 0 Å². The molecule has 3 heterocycles. The van der Waals surface area contributed by atoms with Crippen LogP contribution in [0.1, 0.15) is 34.9 Å². The average Bonchev–Trinajstić information content (AvgIpc) is 3.34. The maximum absolute atomic E-state index is 12.8. The first-order valence-electron chi connectivity index (χ1n) is 9.73. The number of nitrogens with zero attached hydrogens (tertiary/aromatic N) is 1. The summed E-state index contributed by atoms with van der Waals surface area (Å²) in [5.74, 6) is -2.79. The lowest BCUT2D eigenvalue weighted by atomic mass is 9.81. The molecule has 12 heteroatoms. The Bertz CT molecular complexity index is 1120. The maximum Gasteiger partial charge on any atom is 0.490 e. The Morgan fingerprint density at radius 1 is 1.41 bits per heavy atom. The van der Waals surface area contributed by atoms with Gasteiger partial charge in [-0.2, -0.15) is 13.2 Å². The van der Waals surface area contributed by atoms with E-state index in [9.17, 15) is 18.0 Å². The van der Waals surface area contributed by atoms with E-state index < -0.39 is 30.2 Å². The predicted octanol–water partition coefficient (Wildman–Crippen LogP) is 6.45. The Morgan fingerprint density at radius 2 is 2.19 bits per heavy atom. The van der Waals surface area contributed by atoms with E-state index in [1.807, 2.05) is 17.5 Å². The summed E-state index contributed by atoms with van der Waals surface area (Å²) in [4.78, 5) is 17.8. The van der Waals surface area contributed by atoms with Crippen molar-refractivity contribution in [3.05, 3.63) is 43.0 Å². The number of esters is 1. The zero-order chi connectivity index (χ0) is 23.0. The normalized spacial score (nSPS) is 21.6. The summed E-state index contributed by atoms with van der Waals surface area (Å²) >= 11 is 12.8. The molecule has 0 aliphatic heterocycles. The standard InChI is InChI=1S/C20H18BrClF3N3O2S2/c21-15-16-17(11(7-13(22)28-16)27-8-9-3-2-6-31-9)32-18(15)14-10(26)4-1-5-12(14)30-19(29)20(23,24)25/h2-3,6-7,10,12,14H,1,4-5,8,26H2,(H,27,28)/t10-,12-,14+/m0/s1. The fraction of sp³-hybridized carbons (Fsp3) is 0.400. The van der Waals surface area contributed by atoms with Gasteiger partial charge in [0.05, 0.1) is 20.4 Å². The van der Waals surface area contributed by atoms with Crippen LogP contribution in [0.5, 0.6) is 0 Å². The van der Waals surface area contributed by atoms with Gasteiger partial charge in [0.1, 0.15) is 11.3 Å². The highest BCUT2D eigenvalue weighted by Crippen LogP contribution is 2.47. The second kappa shape index (κ2) is 9.46. The predicted molar refractivity (Wildman–Crippen MR) is 124 cm³/mol. The van der Waals surface area contributed by atoms with Crippen LogP contribution in [0.2, 0.25) is 5.15 Å². The molecule has 4 rings (SSSR count). The first kappa shape index (κ1) is 23.7. The van der Waals surface area contributed by atoms with Gasteiger partial charge in [-0.25, -0.2) is 9.78 Å². The first-order valence-corrected chi connectivity index (χ1v) is 12.6. The molecule has 0 radical (unpaired) electrons. The lowest BCUT2D eigenvalue weighted by Crippen LogP contribution is -2.43. The molecule has 32 heavy (non-hydrogen) atoms. The summed E-state index contributed by atoms with van der Waals surface area (Å²) in [6, 6.07) is 5.22. The van der Waals surface area contributed by atoms with Crippen LogP contribution in [-0.2, 0) is 16.1 Å². The van der Waals surface area contributed by atoms with Crippen LogP contribution in [0, 0.1) is 0 Å². The van der Waals surface area contributed by atoms with Crippen molar-refractivity contribution >= 4 is 72.1 Å². The van der Waals surface area contributed by atoms with Gasteiger partial charge in [-0.1, -0.05) is 17.7 Å². The van der Waals surface area contributed by atoms with Gasteiger partial charge in [-0.05, 0) is 46.6 Å². The molecule has 0 bridgehead atoms. The molecular weight excluding hydrogens is 551 g/mol. The van der Waals surface area contributed by atoms with Crippen molar-refractivity contribution in [2.45, 2.75) is 50.0 Å². The van der Waals surface area contributed by atoms with Crippen molar-refractivity contribution < 1.29 is 22.7 Å². The van der Waals surface area contributed by atoms with Crippen LogP contribution < -0.4 is 11.1 Å². The van der Waals surface area contributed by atoms with Gasteiger partial charge >= 0.3 is 12.1 Å². The zero-order valence-electron chi connectivity index (χ0n) is 16.4. The van der Waals surface area contributed by atoms with Crippen LogP contribution in [0.15, 0.2) is 28.1 Å². The third-order valence-corrected chi connectivity index (χ3v) is 8.74. The van der Waals surface area contributed by atoms with Gasteiger partial charge in [0.2, 0.25) is 0 Å². The third-order valence-electron chi connectivity index (χ3n) is 5.29. The number of carbonyl (C=O) groups excluding carboxylic acids is 1. The molecule has 1 aliphatic rings. The molecule has 3 aromatic heterocycles. The number of ether oxygens (including phenoxy) is 1. The van der Waals surface area contributed by atoms with Crippen LogP contribution in [0.25, 0.3) is 10.2 Å². The fourth-order valence-electron chi connectivity index (χ4n) is 3.86. The molecule has 0 aromatic carbocycles. The van der Waals surface area contributed by atoms with Gasteiger partial charge in [-0.3, -0.25) is 0 Å². The highest BCUT2D eigenvalue weighted by Gasteiger charge is 2.45. The number of nitrogens with two attached hydrogens (primary N) is 1. The first-order chi connectivity index (χ1) is 15.1. The van der Waals surface area contributed by atoms with Crippen molar-refractivity contribution in [2.24, 2.45) is 5.73 Å². The van der Waals surface area contributed by atoms with E-state index >= 15 is 0 Å². The van der Waals surface area contributed by atoms with E-state index in [1.165, 1.54) is 11.3 Å². The molecule has 3 N–H and O–H groups in total. The largest absolute Gasteiger partial charge is 0.490 e. The molecular formula is C20H18BrClF3N3O2S2. The second-order valence-electron chi connectivity index (χ2n) is 7.45. The van der Waals surface area contributed by atoms with Crippen molar-refractivity contribution in [2.75, 3.05) is 5.32 Å². The summed E-state index contributed by atoms with van der Waals surface area (Å²) in [6.45, 7) is 0.590. The SMILES string of the molecule is N[C@H]1CCC[C@H](OC(=O)C(F)(F)F)[C@@H]1c1sc2c(NCc3cccs3)cc(Cl)nc2c1Br. The van der Waals surface area contributed by atoms with E-state index in [-0.39, 0.29) is 5.15 Å². The van der Waals surface area contributed by atoms with Gasteiger partial charge in [0, 0.05) is 34.3 Å². The second-order valence-corrected chi connectivity index (χ2v) is 10.7. The minimum Gasteiger partial charge on any atom is -0.455 e. The number of rotatable bonds is 5. The van der Waals surface area contributed by atoms with E-state index in [2.05, 4.69) is 26.2 Å². The highest BCUT2D eigenvalue weighted by molar-refractivity contribution is 9.10. The number of hydrogen-bond acceptors (Lipinski definition) is 7. The van der Waals surface area contributed by atoms with Crippen LogP contribution >= 0.6 is 50.2 Å². The van der Waals surface area contributed by atoms with Crippen LogP contribution in [0.4, 0.5) is 18.9 Å². The number of hydrogen-bond donors (Lipinski definition) is 2. The molecule has 1 saturated carbocycles. The van der Waals surface area contributed by atoms with E-state index in [1.54, 1.807) is 17.4 Å². The Labute approximate surface area is 203 Å². The quantitative estimate of drug-likeness (QED) is 0.273. The van der Waals surface area contributed by atoms with E-state index in [0.717, 1.165) is 15.3 Å². The van der Waals surface area contributed by atoms with Crippen LogP contribution in [0.3, 0.4) is 0 Å². The summed E-state index contributed by atoms with van der Waals surface area (Å²) in [6.07, 6.45) is -4.54. The maximum atomic E-state index is 12.8. The molecule has 0 spiro atoms.